The molecule has 2 aliphatic rings. The van der Waals surface area contributed by atoms with Crippen molar-refractivity contribution in [2.75, 3.05) is 31.1 Å². The van der Waals surface area contributed by atoms with Gasteiger partial charge < -0.3 is 15.3 Å². The number of hydrogen-bond acceptors (Lipinski definition) is 4. The summed E-state index contributed by atoms with van der Waals surface area (Å²) in [7, 11) is 0. The minimum atomic E-state index is -0.886. The third-order valence-electron chi connectivity index (χ3n) is 4.54. The van der Waals surface area contributed by atoms with Crippen LogP contribution >= 0.6 is 11.8 Å². The maximum Gasteiger partial charge on any atom is 0.327 e. The number of thioether (sulfide) groups is 1. The number of rotatable bonds is 3. The molecule has 0 aromatic heterocycles. The van der Waals surface area contributed by atoms with Crippen molar-refractivity contribution in [3.8, 4) is 0 Å². The molecule has 1 amide bonds. The van der Waals surface area contributed by atoms with E-state index in [1.807, 2.05) is 13.8 Å². The van der Waals surface area contributed by atoms with Crippen molar-refractivity contribution in [3.05, 3.63) is 0 Å². The van der Waals surface area contributed by atoms with Crippen LogP contribution in [0, 0.1) is 11.3 Å². The van der Waals surface area contributed by atoms with Gasteiger partial charge in [-0.15, -0.1) is 0 Å². The third-order valence-corrected chi connectivity index (χ3v) is 5.57. The SMILES string of the molecule is CC(C)(C(=O)N1CCSCC1C(=O)O)C1CCCNC1. The van der Waals surface area contributed by atoms with Gasteiger partial charge in [0, 0.05) is 23.5 Å². The first-order chi connectivity index (χ1) is 9.44. The highest BCUT2D eigenvalue weighted by Gasteiger charge is 2.43. The van der Waals surface area contributed by atoms with E-state index in [-0.39, 0.29) is 11.8 Å². The van der Waals surface area contributed by atoms with Gasteiger partial charge in [0.05, 0.1) is 0 Å². The Morgan fingerprint density at radius 1 is 1.40 bits per heavy atom. The maximum atomic E-state index is 12.9. The van der Waals surface area contributed by atoms with Crippen molar-refractivity contribution in [1.82, 2.24) is 10.2 Å². The van der Waals surface area contributed by atoms with Gasteiger partial charge in [0.2, 0.25) is 5.91 Å². The minimum Gasteiger partial charge on any atom is -0.480 e. The quantitative estimate of drug-likeness (QED) is 0.815. The first kappa shape index (κ1) is 15.6. The van der Waals surface area contributed by atoms with E-state index in [4.69, 9.17) is 0 Å². The zero-order valence-electron chi connectivity index (χ0n) is 12.2. The highest BCUT2D eigenvalue weighted by Crippen LogP contribution is 2.35. The molecule has 0 aliphatic carbocycles. The summed E-state index contributed by atoms with van der Waals surface area (Å²) in [4.78, 5) is 25.8. The molecule has 2 aliphatic heterocycles. The van der Waals surface area contributed by atoms with E-state index in [9.17, 15) is 14.7 Å². The number of piperidine rings is 1. The van der Waals surface area contributed by atoms with Crippen molar-refractivity contribution < 1.29 is 14.7 Å². The minimum absolute atomic E-state index is 0.00102. The average molecular weight is 300 g/mol. The highest BCUT2D eigenvalue weighted by atomic mass is 32.2. The van der Waals surface area contributed by atoms with Crippen LogP contribution in [0.15, 0.2) is 0 Å². The van der Waals surface area contributed by atoms with E-state index in [0.29, 0.717) is 12.3 Å². The Morgan fingerprint density at radius 3 is 2.75 bits per heavy atom. The molecule has 0 aromatic rings. The standard InChI is InChI=1S/C14H24N2O3S/c1-14(2,10-4-3-5-15-8-10)13(19)16-6-7-20-9-11(16)12(17)18/h10-11,15H,3-9H2,1-2H3,(H,17,18). The van der Waals surface area contributed by atoms with Gasteiger partial charge in [-0.3, -0.25) is 4.79 Å². The van der Waals surface area contributed by atoms with E-state index in [2.05, 4.69) is 5.32 Å². The molecule has 0 saturated carbocycles. The zero-order valence-corrected chi connectivity index (χ0v) is 13.0. The Bertz CT molecular complexity index is 381. The zero-order chi connectivity index (χ0) is 14.8. The number of carbonyl (C=O) groups excluding carboxylic acids is 1. The average Bonchev–Trinajstić information content (AvgIpc) is 2.47. The number of nitrogens with one attached hydrogen (secondary N) is 1. The summed E-state index contributed by atoms with van der Waals surface area (Å²) in [6.45, 7) is 6.34. The number of hydrogen-bond donors (Lipinski definition) is 2. The molecule has 2 heterocycles. The van der Waals surface area contributed by atoms with Crippen LogP contribution < -0.4 is 5.32 Å². The Hall–Kier alpha value is -0.750. The van der Waals surface area contributed by atoms with Crippen molar-refractivity contribution in [3.63, 3.8) is 0 Å². The van der Waals surface area contributed by atoms with E-state index >= 15 is 0 Å². The smallest absolute Gasteiger partial charge is 0.327 e. The number of aliphatic carboxylic acids is 1. The topological polar surface area (TPSA) is 69.6 Å². The molecule has 0 aromatic carbocycles. The molecule has 2 unspecified atom stereocenters. The van der Waals surface area contributed by atoms with Crippen molar-refractivity contribution >= 4 is 23.6 Å². The highest BCUT2D eigenvalue weighted by molar-refractivity contribution is 7.99. The number of amides is 1. The van der Waals surface area contributed by atoms with Crippen molar-refractivity contribution in [2.45, 2.75) is 32.7 Å². The monoisotopic (exact) mass is 300 g/mol. The molecule has 0 radical (unpaired) electrons. The van der Waals surface area contributed by atoms with Gasteiger partial charge in [-0.2, -0.15) is 11.8 Å². The maximum absolute atomic E-state index is 12.9. The fraction of sp³-hybridized carbons (Fsp3) is 0.857. The van der Waals surface area contributed by atoms with Gasteiger partial charge >= 0.3 is 5.97 Å². The molecular formula is C14H24N2O3S. The molecule has 0 bridgehead atoms. The lowest BCUT2D eigenvalue weighted by Gasteiger charge is -2.42. The Balaban J connectivity index is 2.12. The second-order valence-corrected chi connectivity index (χ2v) is 7.34. The number of carbonyl (C=O) groups is 2. The lowest BCUT2D eigenvalue weighted by Crippen LogP contribution is -2.56. The van der Waals surface area contributed by atoms with Crippen LogP contribution in [-0.2, 0) is 9.59 Å². The lowest BCUT2D eigenvalue weighted by atomic mass is 9.73. The molecule has 0 spiro atoms. The van der Waals surface area contributed by atoms with Gasteiger partial charge in [0.1, 0.15) is 6.04 Å². The Kier molecular flexibility index (Phi) is 4.96. The van der Waals surface area contributed by atoms with Crippen LogP contribution in [0.3, 0.4) is 0 Å². The molecule has 5 nitrogen and oxygen atoms in total. The largest absolute Gasteiger partial charge is 0.480 e. The molecule has 2 rings (SSSR count). The molecule has 20 heavy (non-hydrogen) atoms. The number of carboxylic acids is 1. The molecule has 2 atom stereocenters. The second kappa shape index (κ2) is 6.35. The van der Waals surface area contributed by atoms with Crippen LogP contribution in [0.1, 0.15) is 26.7 Å². The van der Waals surface area contributed by atoms with E-state index in [1.165, 1.54) is 0 Å². The van der Waals surface area contributed by atoms with Crippen molar-refractivity contribution in [2.24, 2.45) is 11.3 Å². The summed E-state index contributed by atoms with van der Waals surface area (Å²) in [6.07, 6.45) is 2.12. The molecule has 2 saturated heterocycles. The number of nitrogens with zero attached hydrogens (tertiary/aromatic N) is 1. The predicted molar refractivity (Wildman–Crippen MR) is 79.8 cm³/mol. The fourth-order valence-electron chi connectivity index (χ4n) is 3.06. The van der Waals surface area contributed by atoms with Crippen LogP contribution in [0.2, 0.25) is 0 Å². The summed E-state index contributed by atoms with van der Waals surface area (Å²) in [6, 6.07) is -0.669. The first-order valence-corrected chi connectivity index (χ1v) is 8.42. The summed E-state index contributed by atoms with van der Waals surface area (Å²) in [5.74, 6) is 0.726. The second-order valence-electron chi connectivity index (χ2n) is 6.19. The van der Waals surface area contributed by atoms with Gasteiger partial charge in [0.15, 0.2) is 0 Å². The van der Waals surface area contributed by atoms with E-state index < -0.39 is 17.4 Å². The van der Waals surface area contributed by atoms with Gasteiger partial charge in [-0.25, -0.2) is 4.79 Å². The molecular weight excluding hydrogens is 276 g/mol. The Labute approximate surface area is 124 Å². The molecule has 2 N–H and O–H groups in total. The van der Waals surface area contributed by atoms with Crippen LogP contribution in [0.25, 0.3) is 0 Å². The third kappa shape index (κ3) is 3.11. The normalized spacial score (nSPS) is 28.2. The summed E-state index contributed by atoms with van der Waals surface area (Å²) in [5, 5.41) is 12.7. The first-order valence-electron chi connectivity index (χ1n) is 7.27. The number of carboxylic acid groups (broad SMARTS) is 1. The molecule has 114 valence electrons. The van der Waals surface area contributed by atoms with Gasteiger partial charge in [-0.05, 0) is 31.8 Å². The van der Waals surface area contributed by atoms with E-state index in [0.717, 1.165) is 31.7 Å². The van der Waals surface area contributed by atoms with Crippen LogP contribution in [0.5, 0.6) is 0 Å². The van der Waals surface area contributed by atoms with Crippen molar-refractivity contribution in [1.29, 1.82) is 0 Å². The Morgan fingerprint density at radius 2 is 2.15 bits per heavy atom. The molecule has 2 fully saturated rings. The lowest BCUT2D eigenvalue weighted by molar-refractivity contribution is -0.155. The van der Waals surface area contributed by atoms with Gasteiger partial charge in [-0.1, -0.05) is 13.8 Å². The predicted octanol–water partition coefficient (Wildman–Crippen LogP) is 1.04. The van der Waals surface area contributed by atoms with Crippen LogP contribution in [-0.4, -0.2) is 59.1 Å². The summed E-state index contributed by atoms with van der Waals surface area (Å²) >= 11 is 1.61. The van der Waals surface area contributed by atoms with Gasteiger partial charge in [0.25, 0.3) is 0 Å². The molecule has 6 heteroatoms. The summed E-state index contributed by atoms with van der Waals surface area (Å²) < 4.78 is 0. The fourth-order valence-corrected chi connectivity index (χ4v) is 4.10. The van der Waals surface area contributed by atoms with E-state index in [1.54, 1.807) is 16.7 Å². The summed E-state index contributed by atoms with van der Waals surface area (Å²) in [5.41, 5.74) is -0.497. The van der Waals surface area contributed by atoms with Crippen LogP contribution in [0.4, 0.5) is 0 Å².